The largest absolute Gasteiger partial charge is 0.265 e. The van der Waals surface area contributed by atoms with E-state index in [-0.39, 0.29) is 23.0 Å². The van der Waals surface area contributed by atoms with Gasteiger partial charge >= 0.3 is 0 Å². The molecule has 1 aliphatic carbocycles. The molecule has 0 N–H and O–H groups in total. The molecule has 2 heterocycles. The third-order valence-electron chi connectivity index (χ3n) is 4.97. The first-order valence-corrected chi connectivity index (χ1v) is 8.51. The van der Waals surface area contributed by atoms with Gasteiger partial charge in [0.15, 0.2) is 12.4 Å². The summed E-state index contributed by atoms with van der Waals surface area (Å²) in [6.45, 7) is 0. The lowest BCUT2D eigenvalue weighted by Crippen LogP contribution is -2.38. The molecule has 4 aromatic rings. The van der Waals surface area contributed by atoms with Gasteiger partial charge in [0.05, 0.1) is 0 Å². The first-order chi connectivity index (χ1) is 12.4. The van der Waals surface area contributed by atoms with Crippen molar-refractivity contribution in [2.75, 3.05) is 0 Å². The Labute approximate surface area is 163 Å². The topological polar surface area (TPSA) is 16.8 Å². The van der Waals surface area contributed by atoms with Gasteiger partial charge in [-0.2, -0.15) is 4.57 Å². The molecule has 0 unspecified atom stereocenters. The summed E-state index contributed by atoms with van der Waals surface area (Å²) in [7, 11) is 0. The van der Waals surface area contributed by atoms with Gasteiger partial charge in [0.25, 0.3) is 0 Å². The molecule has 0 saturated carbocycles. The van der Waals surface area contributed by atoms with E-state index in [2.05, 4.69) is 82.6 Å². The summed E-state index contributed by atoms with van der Waals surface area (Å²) in [5, 5.41) is 0. The second-order valence-corrected chi connectivity index (χ2v) is 6.35. The Morgan fingerprint density at radius 1 is 0.615 bits per heavy atom. The van der Waals surface area contributed by atoms with E-state index in [1.54, 1.807) is 0 Å². The van der Waals surface area contributed by atoms with Crippen molar-refractivity contribution in [3.63, 3.8) is 0 Å². The highest BCUT2D eigenvalue weighted by atomic mass is 79.9. The molecular weight excluding hydrogens is 384 g/mol. The monoisotopic (exact) mass is 401 g/mol. The highest BCUT2D eigenvalue weighted by molar-refractivity contribution is 8.93. The molecule has 5 rings (SSSR count). The van der Waals surface area contributed by atoms with Gasteiger partial charge in [0.1, 0.15) is 0 Å². The van der Waals surface area contributed by atoms with Gasteiger partial charge in [-0.15, -0.1) is 17.0 Å². The smallest absolute Gasteiger partial charge is 0.210 e. The Morgan fingerprint density at radius 3 is 1.69 bits per heavy atom. The molecule has 1 aliphatic rings. The molecular formula is C23H18BrN2+. The van der Waals surface area contributed by atoms with Crippen LogP contribution in [0.1, 0.15) is 17.2 Å². The van der Waals surface area contributed by atoms with Crippen LogP contribution in [0.25, 0.3) is 22.3 Å². The maximum atomic E-state index is 4.10. The van der Waals surface area contributed by atoms with Gasteiger partial charge in [-0.1, -0.05) is 48.5 Å². The summed E-state index contributed by atoms with van der Waals surface area (Å²) >= 11 is 0. The fourth-order valence-corrected chi connectivity index (χ4v) is 3.80. The van der Waals surface area contributed by atoms with Gasteiger partial charge in [0, 0.05) is 35.7 Å². The van der Waals surface area contributed by atoms with E-state index < -0.39 is 0 Å². The maximum absolute atomic E-state index is 4.10. The average Bonchev–Trinajstić information content (AvgIpc) is 3.03. The maximum Gasteiger partial charge on any atom is 0.210 e. The SMILES string of the molecule is Br.c1ccc2c(c1)-c1ccccc1C2[n+]1ccc(-c2ccncc2)cc1. The number of fused-ring (bicyclic) bond motifs is 3. The zero-order valence-corrected chi connectivity index (χ0v) is 15.8. The molecule has 126 valence electrons. The van der Waals surface area contributed by atoms with E-state index in [1.807, 2.05) is 24.5 Å². The lowest BCUT2D eigenvalue weighted by Gasteiger charge is -2.09. The number of hydrogen-bond donors (Lipinski definition) is 0. The van der Waals surface area contributed by atoms with E-state index in [0.717, 1.165) is 0 Å². The molecule has 0 atom stereocenters. The summed E-state index contributed by atoms with van der Waals surface area (Å²) in [6, 6.07) is 26.1. The molecule has 0 radical (unpaired) electrons. The van der Waals surface area contributed by atoms with Crippen molar-refractivity contribution in [1.82, 2.24) is 4.98 Å². The van der Waals surface area contributed by atoms with Crippen molar-refractivity contribution >= 4 is 17.0 Å². The summed E-state index contributed by atoms with van der Waals surface area (Å²) in [5.74, 6) is 0. The number of aromatic nitrogens is 2. The standard InChI is InChI=1S/C23H17N2.BrH/c1-3-7-21-19(5-1)20-6-2-4-8-22(20)23(21)25-15-11-18(12-16-25)17-9-13-24-14-10-17;/h1-16,23H;1H/q+1;. The van der Waals surface area contributed by atoms with Crippen molar-refractivity contribution in [2.45, 2.75) is 6.04 Å². The number of nitrogens with zero attached hydrogens (tertiary/aromatic N) is 2. The van der Waals surface area contributed by atoms with Crippen LogP contribution in [0.5, 0.6) is 0 Å². The third kappa shape index (κ3) is 2.65. The average molecular weight is 402 g/mol. The molecule has 2 aromatic heterocycles. The van der Waals surface area contributed by atoms with Gasteiger partial charge < -0.3 is 0 Å². The Bertz CT molecular complexity index is 998. The molecule has 0 saturated heterocycles. The fourth-order valence-electron chi connectivity index (χ4n) is 3.80. The Balaban J connectivity index is 0.00000168. The molecule has 0 spiro atoms. The van der Waals surface area contributed by atoms with Crippen LogP contribution in [0.4, 0.5) is 0 Å². The van der Waals surface area contributed by atoms with Crippen molar-refractivity contribution < 1.29 is 4.57 Å². The van der Waals surface area contributed by atoms with Crippen LogP contribution in [0.3, 0.4) is 0 Å². The molecule has 0 bridgehead atoms. The first-order valence-electron chi connectivity index (χ1n) is 8.51. The summed E-state index contributed by atoms with van der Waals surface area (Å²) in [4.78, 5) is 4.10. The normalized spacial score (nSPS) is 12.2. The van der Waals surface area contributed by atoms with Gasteiger partial charge in [-0.3, -0.25) is 4.98 Å². The van der Waals surface area contributed by atoms with Crippen molar-refractivity contribution in [2.24, 2.45) is 0 Å². The first kappa shape index (κ1) is 16.7. The summed E-state index contributed by atoms with van der Waals surface area (Å²) in [5.41, 5.74) is 7.81. The lowest BCUT2D eigenvalue weighted by atomic mass is 10.0. The number of benzene rings is 2. The number of pyridine rings is 2. The van der Waals surface area contributed by atoms with Crippen LogP contribution in [0.2, 0.25) is 0 Å². The highest BCUT2D eigenvalue weighted by Gasteiger charge is 2.34. The molecule has 2 nitrogen and oxygen atoms in total. The predicted molar refractivity (Wildman–Crippen MR) is 109 cm³/mol. The Kier molecular flexibility index (Phi) is 4.39. The van der Waals surface area contributed by atoms with Crippen LogP contribution in [-0.4, -0.2) is 4.98 Å². The van der Waals surface area contributed by atoms with Crippen molar-refractivity contribution in [1.29, 1.82) is 0 Å². The van der Waals surface area contributed by atoms with Crippen LogP contribution in [0, 0.1) is 0 Å². The van der Waals surface area contributed by atoms with Gasteiger partial charge in [0.2, 0.25) is 6.04 Å². The predicted octanol–water partition coefficient (Wildman–Crippen LogP) is 5.23. The zero-order valence-electron chi connectivity index (χ0n) is 14.1. The molecule has 2 aromatic carbocycles. The third-order valence-corrected chi connectivity index (χ3v) is 4.97. The number of rotatable bonds is 2. The minimum absolute atomic E-state index is 0. The second-order valence-electron chi connectivity index (χ2n) is 6.35. The zero-order chi connectivity index (χ0) is 16.6. The fraction of sp³-hybridized carbons (Fsp3) is 0.0435. The van der Waals surface area contributed by atoms with Crippen molar-refractivity contribution in [3.05, 3.63) is 109 Å². The second kappa shape index (κ2) is 6.85. The molecule has 0 fully saturated rings. The summed E-state index contributed by atoms with van der Waals surface area (Å²) < 4.78 is 2.30. The lowest BCUT2D eigenvalue weighted by molar-refractivity contribution is -0.704. The molecule has 0 amide bonds. The Morgan fingerprint density at radius 2 is 1.12 bits per heavy atom. The van der Waals surface area contributed by atoms with Crippen LogP contribution in [0.15, 0.2) is 97.6 Å². The van der Waals surface area contributed by atoms with E-state index in [9.17, 15) is 0 Å². The quantitative estimate of drug-likeness (QED) is 0.370. The number of hydrogen-bond acceptors (Lipinski definition) is 1. The van der Waals surface area contributed by atoms with E-state index in [0.29, 0.717) is 0 Å². The Hall–Kier alpha value is -2.78. The number of halogens is 1. The minimum atomic E-state index is 0. The van der Waals surface area contributed by atoms with Crippen LogP contribution < -0.4 is 4.57 Å². The molecule has 26 heavy (non-hydrogen) atoms. The van der Waals surface area contributed by atoms with Gasteiger partial charge in [-0.05, 0) is 34.4 Å². The molecule has 3 heteroatoms. The van der Waals surface area contributed by atoms with E-state index >= 15 is 0 Å². The van der Waals surface area contributed by atoms with E-state index in [4.69, 9.17) is 0 Å². The highest BCUT2D eigenvalue weighted by Crippen LogP contribution is 2.42. The van der Waals surface area contributed by atoms with E-state index in [1.165, 1.54) is 33.4 Å². The van der Waals surface area contributed by atoms with Crippen LogP contribution in [-0.2, 0) is 0 Å². The van der Waals surface area contributed by atoms with Gasteiger partial charge in [-0.25, -0.2) is 0 Å². The molecule has 0 aliphatic heterocycles. The van der Waals surface area contributed by atoms with Crippen molar-refractivity contribution in [3.8, 4) is 22.3 Å². The summed E-state index contributed by atoms with van der Waals surface area (Å²) in [6.07, 6.45) is 8.03. The van der Waals surface area contributed by atoms with Crippen LogP contribution >= 0.6 is 17.0 Å². The minimum Gasteiger partial charge on any atom is -0.265 e.